The molecular formula is C16H19F7O. The molecule has 0 aliphatic rings. The Kier molecular flexibility index (Phi) is 6.30. The average Bonchev–Trinajstić information content (AvgIpc) is 2.50. The van der Waals surface area contributed by atoms with E-state index in [-0.39, 0.29) is 11.5 Å². The number of ether oxygens (including phenoxy) is 1. The van der Waals surface area contributed by atoms with Gasteiger partial charge in [0.2, 0.25) is 0 Å². The van der Waals surface area contributed by atoms with Crippen molar-refractivity contribution in [2.75, 3.05) is 7.11 Å². The predicted molar refractivity (Wildman–Crippen MR) is 75.5 cm³/mol. The van der Waals surface area contributed by atoms with Gasteiger partial charge in [-0.25, -0.2) is 0 Å². The van der Waals surface area contributed by atoms with Gasteiger partial charge in [0.15, 0.2) is 0 Å². The van der Waals surface area contributed by atoms with Crippen molar-refractivity contribution >= 4 is 0 Å². The summed E-state index contributed by atoms with van der Waals surface area (Å²) in [5.41, 5.74) is 0.768. The van der Waals surface area contributed by atoms with Gasteiger partial charge in [-0.2, -0.15) is 30.7 Å². The van der Waals surface area contributed by atoms with Crippen molar-refractivity contribution in [1.29, 1.82) is 0 Å². The molecule has 1 aromatic rings. The summed E-state index contributed by atoms with van der Waals surface area (Å²) in [7, 11) is 1.000. The fourth-order valence-corrected chi connectivity index (χ4v) is 2.36. The number of hydrogen-bond acceptors (Lipinski definition) is 1. The second-order valence-electron chi connectivity index (χ2n) is 5.64. The molecule has 8 heteroatoms. The Morgan fingerprint density at radius 3 is 1.88 bits per heavy atom. The highest BCUT2D eigenvalue weighted by Gasteiger charge is 2.73. The summed E-state index contributed by atoms with van der Waals surface area (Å²) in [4.78, 5) is 0. The van der Waals surface area contributed by atoms with E-state index in [2.05, 4.69) is 0 Å². The van der Waals surface area contributed by atoms with E-state index in [1.807, 2.05) is 6.92 Å². The van der Waals surface area contributed by atoms with Gasteiger partial charge < -0.3 is 4.74 Å². The molecule has 2 unspecified atom stereocenters. The van der Waals surface area contributed by atoms with Crippen LogP contribution >= 0.6 is 0 Å². The number of alkyl halides is 7. The molecular weight excluding hydrogens is 341 g/mol. The minimum atomic E-state index is -6.34. The van der Waals surface area contributed by atoms with Crippen LogP contribution in [0.3, 0.4) is 0 Å². The number of methoxy groups -OCH3 is 1. The maximum absolute atomic E-state index is 13.7. The molecule has 0 aliphatic carbocycles. The molecule has 0 saturated heterocycles. The summed E-state index contributed by atoms with van der Waals surface area (Å²) in [5, 5.41) is 0. The van der Waals surface area contributed by atoms with E-state index in [0.29, 0.717) is 12.0 Å². The molecule has 0 saturated carbocycles. The highest BCUT2D eigenvalue weighted by atomic mass is 19.4. The topological polar surface area (TPSA) is 9.23 Å². The van der Waals surface area contributed by atoms with E-state index in [0.717, 1.165) is 7.11 Å². The monoisotopic (exact) mass is 360 g/mol. The van der Waals surface area contributed by atoms with Gasteiger partial charge in [0.25, 0.3) is 0 Å². The number of hydrogen-bond donors (Lipinski definition) is 0. The minimum absolute atomic E-state index is 0.0874. The summed E-state index contributed by atoms with van der Waals surface area (Å²) in [6, 6.07) is 6.15. The first kappa shape index (κ1) is 20.7. The first-order valence-electron chi connectivity index (χ1n) is 7.33. The number of benzene rings is 1. The van der Waals surface area contributed by atoms with Crippen LogP contribution in [0.2, 0.25) is 0 Å². The van der Waals surface area contributed by atoms with E-state index < -0.39 is 30.5 Å². The zero-order chi connectivity index (χ0) is 18.8. The van der Waals surface area contributed by atoms with E-state index in [9.17, 15) is 30.7 Å². The Balaban J connectivity index is 3.21. The normalized spacial score (nSPS) is 16.1. The van der Waals surface area contributed by atoms with Crippen LogP contribution in [-0.2, 0) is 4.74 Å². The van der Waals surface area contributed by atoms with Gasteiger partial charge in [-0.1, -0.05) is 38.1 Å². The van der Waals surface area contributed by atoms with Crippen molar-refractivity contribution in [3.05, 3.63) is 35.4 Å². The average molecular weight is 360 g/mol. The van der Waals surface area contributed by atoms with Crippen LogP contribution in [-0.4, -0.2) is 25.1 Å². The van der Waals surface area contributed by atoms with Gasteiger partial charge in [0, 0.05) is 13.5 Å². The maximum Gasteiger partial charge on any atom is 0.459 e. The SMILES string of the molecule is CCC(C)c1ccccc1C(CC(F)(F)C(F)(F)C(F)(F)F)OC. The minimum Gasteiger partial charge on any atom is -0.377 e. The van der Waals surface area contributed by atoms with Gasteiger partial charge in [-0.3, -0.25) is 0 Å². The molecule has 2 atom stereocenters. The molecule has 0 aromatic heterocycles. The van der Waals surface area contributed by atoms with Crippen molar-refractivity contribution in [2.24, 2.45) is 0 Å². The highest BCUT2D eigenvalue weighted by molar-refractivity contribution is 5.32. The van der Waals surface area contributed by atoms with Crippen molar-refractivity contribution in [3.63, 3.8) is 0 Å². The van der Waals surface area contributed by atoms with Gasteiger partial charge in [-0.15, -0.1) is 0 Å². The van der Waals surface area contributed by atoms with Crippen molar-refractivity contribution in [1.82, 2.24) is 0 Å². The van der Waals surface area contributed by atoms with Crippen LogP contribution in [0, 0.1) is 0 Å². The Morgan fingerprint density at radius 2 is 1.46 bits per heavy atom. The second kappa shape index (κ2) is 7.29. The summed E-state index contributed by atoms with van der Waals surface area (Å²) in [5.74, 6) is -11.5. The summed E-state index contributed by atoms with van der Waals surface area (Å²) < 4.78 is 95.3. The second-order valence-corrected chi connectivity index (χ2v) is 5.64. The van der Waals surface area contributed by atoms with E-state index in [1.54, 1.807) is 19.1 Å². The molecule has 1 nitrogen and oxygen atoms in total. The Bertz CT molecular complexity index is 539. The molecule has 24 heavy (non-hydrogen) atoms. The highest BCUT2D eigenvalue weighted by Crippen LogP contribution is 2.50. The van der Waals surface area contributed by atoms with Crippen LogP contribution in [0.1, 0.15) is 49.8 Å². The standard InChI is InChI=1S/C16H19F7O/c1-4-10(2)11-7-5-6-8-12(11)13(24-3)9-14(17,18)15(19,20)16(21,22)23/h5-8,10,13H,4,9H2,1-3H3. The smallest absolute Gasteiger partial charge is 0.377 e. The lowest BCUT2D eigenvalue weighted by Crippen LogP contribution is -2.52. The molecule has 0 fully saturated rings. The molecule has 0 bridgehead atoms. The van der Waals surface area contributed by atoms with Crippen LogP contribution in [0.15, 0.2) is 24.3 Å². The summed E-state index contributed by atoms with van der Waals surface area (Å²) in [6.07, 6.45) is -9.06. The van der Waals surface area contributed by atoms with E-state index >= 15 is 0 Å². The van der Waals surface area contributed by atoms with Gasteiger partial charge in [0.1, 0.15) is 0 Å². The van der Waals surface area contributed by atoms with Gasteiger partial charge >= 0.3 is 18.0 Å². The lowest BCUT2D eigenvalue weighted by molar-refractivity contribution is -0.358. The Morgan fingerprint density at radius 1 is 0.958 bits per heavy atom. The lowest BCUT2D eigenvalue weighted by Gasteiger charge is -2.31. The third-order valence-corrected chi connectivity index (χ3v) is 4.03. The molecule has 0 heterocycles. The molecule has 138 valence electrons. The molecule has 0 radical (unpaired) electrons. The third-order valence-electron chi connectivity index (χ3n) is 4.03. The van der Waals surface area contributed by atoms with Crippen molar-refractivity contribution in [3.8, 4) is 0 Å². The van der Waals surface area contributed by atoms with Crippen LogP contribution in [0.5, 0.6) is 0 Å². The molecule has 1 aromatic carbocycles. The summed E-state index contributed by atoms with van der Waals surface area (Å²) >= 11 is 0. The molecule has 0 spiro atoms. The van der Waals surface area contributed by atoms with Crippen LogP contribution < -0.4 is 0 Å². The zero-order valence-electron chi connectivity index (χ0n) is 13.4. The quantitative estimate of drug-likeness (QED) is 0.533. The zero-order valence-corrected chi connectivity index (χ0v) is 13.4. The maximum atomic E-state index is 13.7. The largest absolute Gasteiger partial charge is 0.459 e. The molecule has 0 aliphatic heterocycles. The fourth-order valence-electron chi connectivity index (χ4n) is 2.36. The van der Waals surface area contributed by atoms with E-state index in [1.165, 1.54) is 12.1 Å². The lowest BCUT2D eigenvalue weighted by atomic mass is 9.88. The molecule has 1 rings (SSSR count). The number of rotatable bonds is 7. The first-order chi connectivity index (χ1) is 10.9. The van der Waals surface area contributed by atoms with Crippen molar-refractivity contribution in [2.45, 2.75) is 56.7 Å². The van der Waals surface area contributed by atoms with Gasteiger partial charge in [0.05, 0.1) is 6.10 Å². The van der Waals surface area contributed by atoms with E-state index in [4.69, 9.17) is 4.74 Å². The molecule has 0 amide bonds. The Labute approximate surface area is 135 Å². The Hall–Kier alpha value is -1.31. The van der Waals surface area contributed by atoms with Crippen LogP contribution in [0.25, 0.3) is 0 Å². The first-order valence-corrected chi connectivity index (χ1v) is 7.33. The summed E-state index contributed by atoms with van der Waals surface area (Å²) in [6.45, 7) is 3.64. The van der Waals surface area contributed by atoms with Crippen molar-refractivity contribution < 1.29 is 35.5 Å². The molecule has 0 N–H and O–H groups in total. The third kappa shape index (κ3) is 4.02. The van der Waals surface area contributed by atoms with Gasteiger partial charge in [-0.05, 0) is 23.5 Å². The predicted octanol–water partition coefficient (Wildman–Crippen LogP) is 6.11. The van der Waals surface area contributed by atoms with Crippen LogP contribution in [0.4, 0.5) is 30.7 Å². The number of halogens is 7. The fraction of sp³-hybridized carbons (Fsp3) is 0.625.